The van der Waals surface area contributed by atoms with Gasteiger partial charge in [-0.25, -0.2) is 0 Å². The number of epoxide rings is 1. The van der Waals surface area contributed by atoms with Gasteiger partial charge in [-0.2, -0.15) is 0 Å². The lowest BCUT2D eigenvalue weighted by molar-refractivity contribution is -0.135. The zero-order chi connectivity index (χ0) is 28.0. The van der Waals surface area contributed by atoms with Crippen LogP contribution in [0.4, 0.5) is 0 Å². The Hall–Kier alpha value is -3.27. The van der Waals surface area contributed by atoms with Crippen molar-refractivity contribution in [2.75, 3.05) is 19.8 Å². The fourth-order valence-corrected chi connectivity index (χ4v) is 5.04. The molecule has 2 aromatic rings. The Morgan fingerprint density at radius 2 is 1.79 bits per heavy atom. The average molecular weight is 539 g/mol. The molecule has 0 aromatic heterocycles. The van der Waals surface area contributed by atoms with E-state index in [1.54, 1.807) is 0 Å². The van der Waals surface area contributed by atoms with E-state index < -0.39 is 42.6 Å². The smallest absolute Gasteiger partial charge is 0.245 e. The van der Waals surface area contributed by atoms with Gasteiger partial charge in [0.25, 0.3) is 0 Å². The highest BCUT2D eigenvalue weighted by Crippen LogP contribution is 2.33. The van der Waals surface area contributed by atoms with Gasteiger partial charge in [0, 0.05) is 5.92 Å². The van der Waals surface area contributed by atoms with E-state index >= 15 is 0 Å². The van der Waals surface area contributed by atoms with Crippen LogP contribution in [0.5, 0.6) is 5.75 Å². The van der Waals surface area contributed by atoms with E-state index in [1.165, 1.54) is 0 Å². The molecule has 1 fully saturated rings. The van der Waals surface area contributed by atoms with Crippen molar-refractivity contribution in [3.63, 3.8) is 0 Å². The second-order valence-electron chi connectivity index (χ2n) is 10.8. The van der Waals surface area contributed by atoms with Crippen LogP contribution in [0.3, 0.4) is 0 Å². The molecule has 0 saturated carbocycles. The molecule has 9 heteroatoms. The number of fused-ring (bicyclic) bond motifs is 1. The topological polar surface area (TPSA) is 137 Å². The zero-order valence-electron chi connectivity index (χ0n) is 22.5. The number of ether oxygens (including phenoxy) is 2. The quantitative estimate of drug-likeness (QED) is 0.285. The summed E-state index contributed by atoms with van der Waals surface area (Å²) in [4.78, 5) is 39.1. The van der Waals surface area contributed by atoms with Crippen molar-refractivity contribution in [2.24, 2.45) is 11.8 Å². The SMILES string of the molecule is CC(C)CC(NC(=O)C(CO)NC(=O)C1CCc2c(cccc2OCc2ccccc2)C1)C(=O)C1(CO)CO1. The minimum absolute atomic E-state index is 0.0831. The molecule has 9 nitrogen and oxygen atoms in total. The maximum absolute atomic E-state index is 13.1. The summed E-state index contributed by atoms with van der Waals surface area (Å²) in [7, 11) is 0. The molecular formula is C30H38N2O7. The van der Waals surface area contributed by atoms with E-state index in [0.717, 1.165) is 22.4 Å². The van der Waals surface area contributed by atoms with E-state index in [-0.39, 0.29) is 24.3 Å². The van der Waals surface area contributed by atoms with Crippen LogP contribution in [-0.2, 0) is 38.6 Å². The van der Waals surface area contributed by atoms with Crippen LogP contribution in [0, 0.1) is 11.8 Å². The summed E-state index contributed by atoms with van der Waals surface area (Å²) in [6.45, 7) is 3.32. The number of Topliss-reactive ketones (excluding diaryl/α,β-unsaturated/α-hetero) is 1. The van der Waals surface area contributed by atoms with Crippen LogP contribution < -0.4 is 15.4 Å². The number of rotatable bonds is 13. The van der Waals surface area contributed by atoms with Gasteiger partial charge in [-0.3, -0.25) is 14.4 Å². The number of aliphatic hydroxyl groups is 2. The molecule has 0 bridgehead atoms. The Kier molecular flexibility index (Phi) is 9.37. The van der Waals surface area contributed by atoms with Crippen molar-refractivity contribution in [1.82, 2.24) is 10.6 Å². The fourth-order valence-electron chi connectivity index (χ4n) is 5.04. The van der Waals surface area contributed by atoms with Gasteiger partial charge in [-0.15, -0.1) is 0 Å². The van der Waals surface area contributed by atoms with Gasteiger partial charge >= 0.3 is 0 Å². The van der Waals surface area contributed by atoms with Gasteiger partial charge in [0.1, 0.15) is 18.4 Å². The summed E-state index contributed by atoms with van der Waals surface area (Å²) in [5.74, 6) is -0.844. The average Bonchev–Trinajstić information content (AvgIpc) is 3.75. The number of hydrogen-bond donors (Lipinski definition) is 4. The predicted octanol–water partition coefficient (Wildman–Crippen LogP) is 1.71. The van der Waals surface area contributed by atoms with Crippen LogP contribution in [0.1, 0.15) is 43.4 Å². The molecule has 1 saturated heterocycles. The van der Waals surface area contributed by atoms with Gasteiger partial charge in [-0.05, 0) is 54.4 Å². The Balaban J connectivity index is 1.36. The largest absolute Gasteiger partial charge is 0.489 e. The summed E-state index contributed by atoms with van der Waals surface area (Å²) in [5, 5.41) is 24.8. The minimum Gasteiger partial charge on any atom is -0.489 e. The molecule has 1 aliphatic carbocycles. The summed E-state index contributed by atoms with van der Waals surface area (Å²) in [6, 6.07) is 13.7. The molecule has 2 aliphatic rings. The zero-order valence-corrected chi connectivity index (χ0v) is 22.5. The van der Waals surface area contributed by atoms with Crippen molar-refractivity contribution in [1.29, 1.82) is 0 Å². The third-order valence-corrected chi connectivity index (χ3v) is 7.40. The summed E-state index contributed by atoms with van der Waals surface area (Å²) >= 11 is 0. The molecule has 2 amide bonds. The van der Waals surface area contributed by atoms with Crippen LogP contribution >= 0.6 is 0 Å². The molecule has 1 heterocycles. The summed E-state index contributed by atoms with van der Waals surface area (Å²) < 4.78 is 11.3. The van der Waals surface area contributed by atoms with E-state index in [2.05, 4.69) is 10.6 Å². The van der Waals surface area contributed by atoms with Gasteiger partial charge in [0.15, 0.2) is 11.4 Å². The minimum atomic E-state index is -1.27. The molecule has 210 valence electrons. The molecule has 4 rings (SSSR count). The number of benzene rings is 2. The lowest BCUT2D eigenvalue weighted by Crippen LogP contribution is -2.56. The first-order chi connectivity index (χ1) is 18.8. The lowest BCUT2D eigenvalue weighted by atomic mass is 9.83. The Labute approximate surface area is 228 Å². The molecule has 2 aromatic carbocycles. The first-order valence-electron chi connectivity index (χ1n) is 13.5. The normalized spacial score (nSPS) is 21.4. The molecular weight excluding hydrogens is 500 g/mol. The number of carbonyl (C=O) groups is 3. The van der Waals surface area contributed by atoms with Gasteiger partial charge < -0.3 is 30.3 Å². The Morgan fingerprint density at radius 1 is 1.05 bits per heavy atom. The Morgan fingerprint density at radius 3 is 2.44 bits per heavy atom. The number of amides is 2. The van der Waals surface area contributed by atoms with Crippen molar-refractivity contribution < 1.29 is 34.1 Å². The van der Waals surface area contributed by atoms with Crippen LogP contribution in [-0.4, -0.2) is 65.3 Å². The third-order valence-electron chi connectivity index (χ3n) is 7.40. The van der Waals surface area contributed by atoms with Crippen molar-refractivity contribution in [2.45, 2.75) is 63.8 Å². The standard InChI is InChI=1S/C30H38N2O7/c1-19(2)13-24(27(35)30(17-34)18-39-30)31-29(37)25(15-33)32-28(36)22-11-12-23-21(14-22)9-6-10-26(23)38-16-20-7-4-3-5-8-20/h3-10,19,22,24-25,33-34H,11-18H2,1-2H3,(H,31,37)(H,32,36). The highest BCUT2D eigenvalue weighted by Gasteiger charge is 2.54. The molecule has 1 aliphatic heterocycles. The van der Waals surface area contributed by atoms with Crippen LogP contribution in [0.2, 0.25) is 0 Å². The summed E-state index contributed by atoms with van der Waals surface area (Å²) in [6.07, 6.45) is 2.07. The molecule has 4 unspecified atom stereocenters. The van der Waals surface area contributed by atoms with Crippen LogP contribution in [0.25, 0.3) is 0 Å². The number of nitrogens with one attached hydrogen (secondary N) is 2. The molecule has 39 heavy (non-hydrogen) atoms. The van der Waals surface area contributed by atoms with Gasteiger partial charge in [-0.1, -0.05) is 56.3 Å². The van der Waals surface area contributed by atoms with E-state index in [9.17, 15) is 24.6 Å². The predicted molar refractivity (Wildman–Crippen MR) is 144 cm³/mol. The third kappa shape index (κ3) is 7.03. The Bertz CT molecular complexity index is 1160. The summed E-state index contributed by atoms with van der Waals surface area (Å²) in [5.41, 5.74) is 1.91. The number of ketones is 1. The molecule has 0 spiro atoms. The molecule has 0 radical (unpaired) electrons. The van der Waals surface area contributed by atoms with Gasteiger partial charge in [0.05, 0.1) is 25.9 Å². The van der Waals surface area contributed by atoms with E-state index in [1.807, 2.05) is 62.4 Å². The fraction of sp³-hybridized carbons (Fsp3) is 0.500. The van der Waals surface area contributed by atoms with E-state index in [4.69, 9.17) is 9.47 Å². The monoisotopic (exact) mass is 538 g/mol. The molecule has 4 atom stereocenters. The number of carbonyl (C=O) groups excluding carboxylic acids is 3. The second kappa shape index (κ2) is 12.7. The maximum Gasteiger partial charge on any atom is 0.245 e. The van der Waals surface area contributed by atoms with Crippen LogP contribution in [0.15, 0.2) is 48.5 Å². The van der Waals surface area contributed by atoms with Gasteiger partial charge in [0.2, 0.25) is 11.8 Å². The first kappa shape index (κ1) is 28.7. The maximum atomic E-state index is 13.1. The number of aliphatic hydroxyl groups excluding tert-OH is 2. The van der Waals surface area contributed by atoms with E-state index in [0.29, 0.717) is 32.3 Å². The van der Waals surface area contributed by atoms with Crippen molar-refractivity contribution in [3.05, 3.63) is 65.2 Å². The van der Waals surface area contributed by atoms with Crippen molar-refractivity contribution in [3.8, 4) is 5.75 Å². The first-order valence-corrected chi connectivity index (χ1v) is 13.5. The number of hydrogen-bond acceptors (Lipinski definition) is 7. The lowest BCUT2D eigenvalue weighted by Gasteiger charge is -2.28. The van der Waals surface area contributed by atoms with Crippen molar-refractivity contribution >= 4 is 17.6 Å². The highest BCUT2D eigenvalue weighted by molar-refractivity contribution is 5.98. The highest BCUT2D eigenvalue weighted by atomic mass is 16.6. The second-order valence-corrected chi connectivity index (χ2v) is 10.8. The molecule has 4 N–H and O–H groups in total.